The number of hydrogen-bond acceptors (Lipinski definition) is 4. The number of rotatable bonds is 8. The molecule has 24 heavy (non-hydrogen) atoms. The molecule has 124 valence electrons. The smallest absolute Gasteiger partial charge is 0.193 e. The van der Waals surface area contributed by atoms with E-state index in [2.05, 4.69) is 0 Å². The molecule has 1 unspecified atom stereocenters. The normalized spacial score (nSPS) is 18.9. The second-order valence-electron chi connectivity index (χ2n) is 6.40. The monoisotopic (exact) mass is 324 g/mol. The molecule has 2 aliphatic rings. The Hall–Kier alpha value is -2.33. The van der Waals surface area contributed by atoms with Gasteiger partial charge in [0.05, 0.1) is 13.2 Å². The van der Waals surface area contributed by atoms with Crippen LogP contribution in [-0.2, 0) is 4.74 Å². The van der Waals surface area contributed by atoms with Gasteiger partial charge in [-0.15, -0.1) is 0 Å². The number of epoxide rings is 1. The Balaban J connectivity index is 1.36. The van der Waals surface area contributed by atoms with Gasteiger partial charge in [0.25, 0.3) is 0 Å². The molecule has 4 heteroatoms. The van der Waals surface area contributed by atoms with Crippen molar-refractivity contribution in [3.8, 4) is 11.5 Å². The molecule has 1 aliphatic heterocycles. The molecular weight excluding hydrogens is 304 g/mol. The molecule has 1 atom stereocenters. The Labute approximate surface area is 141 Å². The number of hydrogen-bond donors (Lipinski definition) is 0. The molecule has 1 saturated carbocycles. The average Bonchev–Trinajstić information content (AvgIpc) is 3.53. The first-order valence-electron chi connectivity index (χ1n) is 8.40. The van der Waals surface area contributed by atoms with Gasteiger partial charge in [-0.2, -0.15) is 0 Å². The summed E-state index contributed by atoms with van der Waals surface area (Å²) >= 11 is 0. The summed E-state index contributed by atoms with van der Waals surface area (Å²) in [4.78, 5) is 12.5. The third-order valence-corrected chi connectivity index (χ3v) is 4.25. The summed E-state index contributed by atoms with van der Waals surface area (Å²) in [5, 5.41) is 0. The molecule has 2 fully saturated rings. The van der Waals surface area contributed by atoms with E-state index in [9.17, 15) is 4.79 Å². The van der Waals surface area contributed by atoms with Crippen LogP contribution in [-0.4, -0.2) is 31.7 Å². The van der Waals surface area contributed by atoms with E-state index in [0.29, 0.717) is 17.7 Å². The fraction of sp³-hybridized carbons (Fsp3) is 0.350. The quantitative estimate of drug-likeness (QED) is 0.551. The summed E-state index contributed by atoms with van der Waals surface area (Å²) in [5.74, 6) is 2.30. The summed E-state index contributed by atoms with van der Waals surface area (Å²) < 4.78 is 16.4. The summed E-state index contributed by atoms with van der Waals surface area (Å²) in [6.45, 7) is 2.12. The highest BCUT2D eigenvalue weighted by Gasteiger charge is 2.23. The predicted octanol–water partition coefficient (Wildman–Crippen LogP) is 3.48. The first-order valence-corrected chi connectivity index (χ1v) is 8.40. The van der Waals surface area contributed by atoms with Crippen LogP contribution in [0, 0.1) is 5.92 Å². The average molecular weight is 324 g/mol. The molecule has 1 saturated heterocycles. The lowest BCUT2D eigenvalue weighted by Crippen LogP contribution is -2.05. The minimum Gasteiger partial charge on any atom is -0.493 e. The molecule has 0 radical (unpaired) electrons. The highest BCUT2D eigenvalue weighted by Crippen LogP contribution is 2.29. The third-order valence-electron chi connectivity index (χ3n) is 4.25. The molecule has 4 rings (SSSR count). The number of carbonyl (C=O) groups excluding carboxylic acids is 1. The Bertz CT molecular complexity index is 636. The molecule has 4 nitrogen and oxygen atoms in total. The molecule has 1 aliphatic carbocycles. The van der Waals surface area contributed by atoms with Crippen LogP contribution in [0.4, 0.5) is 0 Å². The van der Waals surface area contributed by atoms with Crippen molar-refractivity contribution in [1.29, 1.82) is 0 Å². The minimum absolute atomic E-state index is 0.000758. The maximum absolute atomic E-state index is 12.5. The van der Waals surface area contributed by atoms with Crippen LogP contribution < -0.4 is 9.47 Å². The predicted molar refractivity (Wildman–Crippen MR) is 89.8 cm³/mol. The molecular formula is C20H20O4. The zero-order chi connectivity index (χ0) is 16.4. The molecule has 0 bridgehead atoms. The van der Waals surface area contributed by atoms with Crippen molar-refractivity contribution < 1.29 is 19.0 Å². The van der Waals surface area contributed by atoms with Crippen molar-refractivity contribution in [3.63, 3.8) is 0 Å². The van der Waals surface area contributed by atoms with Crippen molar-refractivity contribution in [2.24, 2.45) is 5.92 Å². The van der Waals surface area contributed by atoms with Gasteiger partial charge in [-0.1, -0.05) is 0 Å². The van der Waals surface area contributed by atoms with E-state index in [1.807, 2.05) is 36.4 Å². The Morgan fingerprint density at radius 1 is 0.875 bits per heavy atom. The van der Waals surface area contributed by atoms with E-state index in [1.54, 1.807) is 12.1 Å². The second-order valence-corrected chi connectivity index (χ2v) is 6.40. The molecule has 1 heterocycles. The van der Waals surface area contributed by atoms with E-state index in [4.69, 9.17) is 14.2 Å². The zero-order valence-corrected chi connectivity index (χ0v) is 13.4. The highest BCUT2D eigenvalue weighted by molar-refractivity contribution is 6.09. The van der Waals surface area contributed by atoms with E-state index in [-0.39, 0.29) is 11.9 Å². The maximum atomic E-state index is 12.5. The van der Waals surface area contributed by atoms with E-state index < -0.39 is 0 Å². The van der Waals surface area contributed by atoms with Gasteiger partial charge in [0.15, 0.2) is 5.78 Å². The van der Waals surface area contributed by atoms with Crippen LogP contribution in [0.1, 0.15) is 28.8 Å². The SMILES string of the molecule is O=C(c1ccc(OCC2CC2)cc1)c1ccc(OCC2CO2)cc1. The van der Waals surface area contributed by atoms with Crippen molar-refractivity contribution in [1.82, 2.24) is 0 Å². The topological polar surface area (TPSA) is 48.1 Å². The maximum Gasteiger partial charge on any atom is 0.193 e. The lowest BCUT2D eigenvalue weighted by Gasteiger charge is -2.07. The first kappa shape index (κ1) is 15.2. The molecule has 0 N–H and O–H groups in total. The van der Waals surface area contributed by atoms with Crippen LogP contribution in [0.2, 0.25) is 0 Å². The molecule has 0 amide bonds. The van der Waals surface area contributed by atoms with Gasteiger partial charge in [-0.25, -0.2) is 0 Å². The summed E-state index contributed by atoms with van der Waals surface area (Å²) in [7, 11) is 0. The van der Waals surface area contributed by atoms with E-state index >= 15 is 0 Å². The van der Waals surface area contributed by atoms with Crippen LogP contribution in [0.3, 0.4) is 0 Å². The summed E-state index contributed by atoms with van der Waals surface area (Å²) in [5.41, 5.74) is 1.31. The van der Waals surface area contributed by atoms with Crippen LogP contribution in [0.5, 0.6) is 11.5 Å². The molecule has 2 aromatic carbocycles. The van der Waals surface area contributed by atoms with E-state index in [1.165, 1.54) is 12.8 Å². The lowest BCUT2D eigenvalue weighted by molar-refractivity contribution is 0.103. The zero-order valence-electron chi connectivity index (χ0n) is 13.4. The van der Waals surface area contributed by atoms with Gasteiger partial charge >= 0.3 is 0 Å². The molecule has 0 spiro atoms. The van der Waals surface area contributed by atoms with Crippen LogP contribution in [0.25, 0.3) is 0 Å². The fourth-order valence-corrected chi connectivity index (χ4v) is 2.42. The number of ketones is 1. The lowest BCUT2D eigenvalue weighted by atomic mass is 10.0. The number of ether oxygens (including phenoxy) is 3. The summed E-state index contributed by atoms with van der Waals surface area (Å²) in [6.07, 6.45) is 2.76. The highest BCUT2D eigenvalue weighted by atomic mass is 16.6. The van der Waals surface area contributed by atoms with Gasteiger partial charge in [-0.05, 0) is 67.3 Å². The van der Waals surface area contributed by atoms with E-state index in [0.717, 1.165) is 30.6 Å². The summed E-state index contributed by atoms with van der Waals surface area (Å²) in [6, 6.07) is 14.6. The largest absolute Gasteiger partial charge is 0.493 e. The van der Waals surface area contributed by atoms with Gasteiger partial charge in [0.2, 0.25) is 0 Å². The Kier molecular flexibility index (Phi) is 4.22. The van der Waals surface area contributed by atoms with Crippen molar-refractivity contribution in [3.05, 3.63) is 59.7 Å². The number of benzene rings is 2. The third kappa shape index (κ3) is 3.95. The Morgan fingerprint density at radius 3 is 1.83 bits per heavy atom. The fourth-order valence-electron chi connectivity index (χ4n) is 2.42. The number of carbonyl (C=O) groups is 1. The molecule has 0 aromatic heterocycles. The van der Waals surface area contributed by atoms with Crippen molar-refractivity contribution in [2.75, 3.05) is 19.8 Å². The Morgan fingerprint density at radius 2 is 1.38 bits per heavy atom. The van der Waals surface area contributed by atoms with Gasteiger partial charge in [0.1, 0.15) is 24.2 Å². The van der Waals surface area contributed by atoms with Crippen molar-refractivity contribution in [2.45, 2.75) is 18.9 Å². The molecule has 2 aromatic rings. The second kappa shape index (κ2) is 6.65. The van der Waals surface area contributed by atoms with Crippen LogP contribution in [0.15, 0.2) is 48.5 Å². The van der Waals surface area contributed by atoms with Crippen molar-refractivity contribution >= 4 is 5.78 Å². The minimum atomic E-state index is 0.000758. The van der Waals surface area contributed by atoms with Crippen LogP contribution >= 0.6 is 0 Å². The van der Waals surface area contributed by atoms with Gasteiger partial charge < -0.3 is 14.2 Å². The van der Waals surface area contributed by atoms with Gasteiger partial charge in [-0.3, -0.25) is 4.79 Å². The van der Waals surface area contributed by atoms with Gasteiger partial charge in [0, 0.05) is 11.1 Å². The standard InChI is InChI=1S/C20H20O4/c21-20(15-3-7-17(8-4-15)22-11-14-1-2-14)16-5-9-18(10-6-16)23-12-19-13-24-19/h3-10,14,19H,1-2,11-13H2. The first-order chi connectivity index (χ1) is 11.8.